The van der Waals surface area contributed by atoms with Crippen LogP contribution in [0.1, 0.15) is 18.4 Å². The molecule has 5 nitrogen and oxygen atoms in total. The smallest absolute Gasteiger partial charge is 0.292 e. The van der Waals surface area contributed by atoms with Crippen LogP contribution in [0.5, 0.6) is 0 Å². The number of nitro benzene ring substituents is 1. The Morgan fingerprint density at radius 1 is 1.44 bits per heavy atom. The first-order valence-electron chi connectivity index (χ1n) is 5.73. The maximum Gasteiger partial charge on any atom is 0.292 e. The minimum Gasteiger partial charge on any atom is -0.377 e. The molecule has 1 N–H and O–H groups in total. The summed E-state index contributed by atoms with van der Waals surface area (Å²) < 4.78 is 0. The van der Waals surface area contributed by atoms with Crippen molar-refractivity contribution in [2.75, 3.05) is 16.8 Å². The second-order valence-electron chi connectivity index (χ2n) is 4.13. The molecule has 0 radical (unpaired) electrons. The lowest BCUT2D eigenvalue weighted by Crippen LogP contribution is -2.24. The van der Waals surface area contributed by atoms with Crippen molar-refractivity contribution in [1.29, 1.82) is 5.26 Å². The largest absolute Gasteiger partial charge is 0.377 e. The number of nitro groups is 1. The molecule has 1 fully saturated rings. The van der Waals surface area contributed by atoms with Crippen molar-refractivity contribution in [2.24, 2.45) is 0 Å². The molecule has 1 saturated heterocycles. The molecule has 1 aromatic carbocycles. The lowest BCUT2D eigenvalue weighted by Gasteiger charge is -2.23. The van der Waals surface area contributed by atoms with E-state index in [0.717, 1.165) is 24.3 Å². The van der Waals surface area contributed by atoms with Gasteiger partial charge in [-0.15, -0.1) is 0 Å². The molecule has 0 saturated carbocycles. The third-order valence-electron chi connectivity index (χ3n) is 2.90. The van der Waals surface area contributed by atoms with Crippen LogP contribution < -0.4 is 5.32 Å². The number of hydrogen-bond donors (Lipinski definition) is 1. The van der Waals surface area contributed by atoms with E-state index in [-0.39, 0.29) is 11.7 Å². The van der Waals surface area contributed by atoms with Gasteiger partial charge in [0.25, 0.3) is 5.69 Å². The Kier molecular flexibility index (Phi) is 4.05. The first-order chi connectivity index (χ1) is 8.70. The van der Waals surface area contributed by atoms with Gasteiger partial charge < -0.3 is 5.32 Å². The zero-order valence-corrected chi connectivity index (χ0v) is 10.6. The van der Waals surface area contributed by atoms with E-state index in [4.69, 9.17) is 5.26 Å². The Labute approximate surface area is 109 Å². The van der Waals surface area contributed by atoms with Crippen molar-refractivity contribution in [1.82, 2.24) is 0 Å². The van der Waals surface area contributed by atoms with Gasteiger partial charge in [-0.2, -0.15) is 17.0 Å². The molecule has 18 heavy (non-hydrogen) atoms. The van der Waals surface area contributed by atoms with Gasteiger partial charge >= 0.3 is 0 Å². The van der Waals surface area contributed by atoms with Crippen LogP contribution in [0.4, 0.5) is 11.4 Å². The van der Waals surface area contributed by atoms with Crippen LogP contribution in [0.25, 0.3) is 0 Å². The molecule has 0 atom stereocenters. The van der Waals surface area contributed by atoms with Gasteiger partial charge in [0.1, 0.15) is 5.69 Å². The normalized spacial score (nSPS) is 15.9. The SMILES string of the molecule is N#Cc1ccc([N+](=O)[O-])c(NC2CCSCC2)c1. The van der Waals surface area contributed by atoms with Crippen molar-refractivity contribution in [3.8, 4) is 6.07 Å². The molecule has 1 aliphatic heterocycles. The lowest BCUT2D eigenvalue weighted by molar-refractivity contribution is -0.384. The standard InChI is InChI=1S/C12H13N3O2S/c13-8-9-1-2-12(15(16)17)11(7-9)14-10-3-5-18-6-4-10/h1-2,7,10,14H,3-6H2. The molecule has 1 aliphatic rings. The van der Waals surface area contributed by atoms with E-state index in [2.05, 4.69) is 5.32 Å². The second-order valence-corrected chi connectivity index (χ2v) is 5.36. The average molecular weight is 263 g/mol. The third kappa shape index (κ3) is 2.93. The molecular weight excluding hydrogens is 250 g/mol. The molecule has 0 aliphatic carbocycles. The molecular formula is C12H13N3O2S. The average Bonchev–Trinajstić information content (AvgIpc) is 2.39. The number of thioether (sulfide) groups is 1. The van der Waals surface area contributed by atoms with Gasteiger partial charge in [0, 0.05) is 12.1 Å². The molecule has 0 aromatic heterocycles. The second kappa shape index (κ2) is 5.74. The van der Waals surface area contributed by atoms with Gasteiger partial charge in [0.05, 0.1) is 16.6 Å². The number of anilines is 1. The van der Waals surface area contributed by atoms with Crippen LogP contribution in [0.15, 0.2) is 18.2 Å². The first kappa shape index (κ1) is 12.7. The van der Waals surface area contributed by atoms with Gasteiger partial charge in [0.15, 0.2) is 0 Å². The summed E-state index contributed by atoms with van der Waals surface area (Å²) in [5.41, 5.74) is 0.927. The molecule has 0 bridgehead atoms. The van der Waals surface area contributed by atoms with Crippen molar-refractivity contribution < 1.29 is 4.92 Å². The fraction of sp³-hybridized carbons (Fsp3) is 0.417. The Balaban J connectivity index is 2.23. The number of nitrogens with zero attached hydrogens (tertiary/aromatic N) is 2. The third-order valence-corrected chi connectivity index (χ3v) is 3.95. The maximum atomic E-state index is 10.9. The van der Waals surface area contributed by atoms with Crippen molar-refractivity contribution in [2.45, 2.75) is 18.9 Å². The summed E-state index contributed by atoms with van der Waals surface area (Å²) in [6, 6.07) is 6.68. The predicted octanol–water partition coefficient (Wildman–Crippen LogP) is 2.77. The van der Waals surface area contributed by atoms with Crippen LogP contribution in [0.2, 0.25) is 0 Å². The summed E-state index contributed by atoms with van der Waals surface area (Å²) in [4.78, 5) is 10.5. The molecule has 2 rings (SSSR count). The Bertz CT molecular complexity index is 493. The molecule has 0 amide bonds. The van der Waals surface area contributed by atoms with Crippen LogP contribution in [-0.2, 0) is 0 Å². The number of benzene rings is 1. The van der Waals surface area contributed by atoms with Crippen LogP contribution in [0, 0.1) is 21.4 Å². The zero-order chi connectivity index (χ0) is 13.0. The Morgan fingerprint density at radius 2 is 2.17 bits per heavy atom. The number of rotatable bonds is 3. The topological polar surface area (TPSA) is 79.0 Å². The minimum absolute atomic E-state index is 0.0345. The summed E-state index contributed by atoms with van der Waals surface area (Å²) >= 11 is 1.90. The summed E-state index contributed by atoms with van der Waals surface area (Å²) in [7, 11) is 0. The molecule has 1 heterocycles. The minimum atomic E-state index is -0.416. The molecule has 0 spiro atoms. The van der Waals surface area contributed by atoms with Crippen LogP contribution >= 0.6 is 11.8 Å². The van der Waals surface area contributed by atoms with E-state index in [1.807, 2.05) is 17.8 Å². The number of nitrogens with one attached hydrogen (secondary N) is 1. The van der Waals surface area contributed by atoms with E-state index in [9.17, 15) is 10.1 Å². The van der Waals surface area contributed by atoms with Gasteiger partial charge in [-0.1, -0.05) is 0 Å². The summed E-state index contributed by atoms with van der Waals surface area (Å²) in [5, 5.41) is 23.0. The van der Waals surface area contributed by atoms with Crippen LogP contribution in [0.3, 0.4) is 0 Å². The number of hydrogen-bond acceptors (Lipinski definition) is 5. The highest BCUT2D eigenvalue weighted by molar-refractivity contribution is 7.99. The maximum absolute atomic E-state index is 10.9. The summed E-state index contributed by atoms with van der Waals surface area (Å²) in [5.74, 6) is 2.15. The van der Waals surface area contributed by atoms with Crippen LogP contribution in [-0.4, -0.2) is 22.5 Å². The van der Waals surface area contributed by atoms with Crippen molar-refractivity contribution in [3.05, 3.63) is 33.9 Å². The Morgan fingerprint density at radius 3 is 2.78 bits per heavy atom. The van der Waals surface area contributed by atoms with Gasteiger partial charge in [-0.05, 0) is 36.5 Å². The molecule has 6 heteroatoms. The van der Waals surface area contributed by atoms with E-state index >= 15 is 0 Å². The zero-order valence-electron chi connectivity index (χ0n) is 9.76. The lowest BCUT2D eigenvalue weighted by atomic mass is 10.1. The van der Waals surface area contributed by atoms with E-state index in [1.54, 1.807) is 6.07 Å². The van der Waals surface area contributed by atoms with Crippen molar-refractivity contribution >= 4 is 23.1 Å². The van der Waals surface area contributed by atoms with Gasteiger partial charge in [-0.25, -0.2) is 0 Å². The molecule has 94 valence electrons. The summed E-state index contributed by atoms with van der Waals surface area (Å²) in [6.45, 7) is 0. The van der Waals surface area contributed by atoms with Gasteiger partial charge in [-0.3, -0.25) is 10.1 Å². The highest BCUT2D eigenvalue weighted by Crippen LogP contribution is 2.28. The molecule has 1 aromatic rings. The summed E-state index contributed by atoms with van der Waals surface area (Å²) in [6.07, 6.45) is 2.00. The van der Waals surface area contributed by atoms with Gasteiger partial charge in [0.2, 0.25) is 0 Å². The fourth-order valence-electron chi connectivity index (χ4n) is 1.94. The molecule has 0 unspecified atom stereocenters. The fourth-order valence-corrected chi connectivity index (χ4v) is 3.05. The van der Waals surface area contributed by atoms with E-state index < -0.39 is 4.92 Å². The predicted molar refractivity (Wildman–Crippen MR) is 71.8 cm³/mol. The van der Waals surface area contributed by atoms with Crippen molar-refractivity contribution in [3.63, 3.8) is 0 Å². The van der Waals surface area contributed by atoms with E-state index in [0.29, 0.717) is 11.3 Å². The van der Waals surface area contributed by atoms with E-state index in [1.165, 1.54) is 12.1 Å². The highest BCUT2D eigenvalue weighted by atomic mass is 32.2. The monoisotopic (exact) mass is 263 g/mol. The quantitative estimate of drug-likeness (QED) is 0.670. The highest BCUT2D eigenvalue weighted by Gasteiger charge is 2.19. The number of nitriles is 1. The first-order valence-corrected chi connectivity index (χ1v) is 6.89. The Hall–Kier alpha value is -1.74.